The number of hydrogen-bond acceptors (Lipinski definition) is 2. The van der Waals surface area contributed by atoms with Crippen LogP contribution in [0.2, 0.25) is 0 Å². The average molecular weight is 280 g/mol. The van der Waals surface area contributed by atoms with Gasteiger partial charge in [0.1, 0.15) is 0 Å². The van der Waals surface area contributed by atoms with E-state index in [-0.39, 0.29) is 12.0 Å². The summed E-state index contributed by atoms with van der Waals surface area (Å²) in [6.07, 6.45) is -0.101. The van der Waals surface area contributed by atoms with Crippen molar-refractivity contribution in [1.82, 2.24) is 10.2 Å². The van der Waals surface area contributed by atoms with Crippen LogP contribution in [0.25, 0.3) is 0 Å². The van der Waals surface area contributed by atoms with Crippen molar-refractivity contribution in [2.75, 3.05) is 26.7 Å². The third kappa shape index (κ3) is 6.61. The van der Waals surface area contributed by atoms with E-state index in [4.69, 9.17) is 0 Å². The van der Waals surface area contributed by atoms with E-state index in [1.165, 1.54) is 12.8 Å². The van der Waals surface area contributed by atoms with E-state index in [0.717, 1.165) is 25.9 Å². The van der Waals surface area contributed by atoms with Crippen LogP contribution in [-0.2, 0) is 0 Å². The molecule has 1 saturated carbocycles. The van der Waals surface area contributed by atoms with Gasteiger partial charge in [-0.1, -0.05) is 26.7 Å². The Balaban J connectivity index is 2.44. The zero-order chi connectivity index (χ0) is 14.5. The summed E-state index contributed by atoms with van der Waals surface area (Å²) in [5, 5.41) is 3.46. The summed E-state index contributed by atoms with van der Waals surface area (Å²) in [5.74, 6) is 0. The SMILES string of the molecule is CC(C)NCC1(CN(C)CCC(F)(F)F)CCCC1. The molecule has 0 saturated heterocycles. The summed E-state index contributed by atoms with van der Waals surface area (Å²) < 4.78 is 36.7. The lowest BCUT2D eigenvalue weighted by Crippen LogP contribution is -2.43. The zero-order valence-corrected chi connectivity index (χ0v) is 12.3. The standard InChI is InChI=1S/C14H27F3N2/c1-12(2)18-10-13(6-4-5-7-13)11-19(3)9-8-14(15,16)17/h12,18H,4-11H2,1-3H3. The van der Waals surface area contributed by atoms with Crippen LogP contribution >= 0.6 is 0 Å². The molecule has 1 rings (SSSR count). The summed E-state index contributed by atoms with van der Waals surface area (Å²) >= 11 is 0. The zero-order valence-electron chi connectivity index (χ0n) is 12.3. The third-order valence-electron chi connectivity index (χ3n) is 3.93. The van der Waals surface area contributed by atoms with Gasteiger partial charge in [0.25, 0.3) is 0 Å². The minimum absolute atomic E-state index is 0.104. The van der Waals surface area contributed by atoms with Gasteiger partial charge in [-0.3, -0.25) is 0 Å². The second-order valence-electron chi connectivity index (χ2n) is 6.35. The molecule has 1 aliphatic rings. The van der Waals surface area contributed by atoms with Crippen molar-refractivity contribution in [2.45, 2.75) is 58.2 Å². The van der Waals surface area contributed by atoms with Gasteiger partial charge in [-0.15, -0.1) is 0 Å². The summed E-state index contributed by atoms with van der Waals surface area (Å²) in [7, 11) is 1.81. The maximum absolute atomic E-state index is 12.2. The molecule has 0 aromatic heterocycles. The molecule has 0 unspecified atom stereocenters. The number of nitrogens with one attached hydrogen (secondary N) is 1. The van der Waals surface area contributed by atoms with Crippen LogP contribution in [0.1, 0.15) is 46.0 Å². The van der Waals surface area contributed by atoms with Gasteiger partial charge in [0, 0.05) is 25.7 Å². The van der Waals surface area contributed by atoms with Crippen LogP contribution in [0.4, 0.5) is 13.2 Å². The molecule has 1 aliphatic carbocycles. The maximum Gasteiger partial charge on any atom is 0.390 e. The van der Waals surface area contributed by atoms with Crippen LogP contribution in [-0.4, -0.2) is 43.8 Å². The fourth-order valence-electron chi connectivity index (χ4n) is 2.91. The first-order valence-electron chi connectivity index (χ1n) is 7.21. The Kier molecular flexibility index (Phi) is 6.12. The van der Waals surface area contributed by atoms with Crippen LogP contribution in [0.5, 0.6) is 0 Å². The molecular weight excluding hydrogens is 253 g/mol. The molecule has 0 radical (unpaired) electrons. The van der Waals surface area contributed by atoms with Crippen LogP contribution in [0.3, 0.4) is 0 Å². The Morgan fingerprint density at radius 1 is 1.21 bits per heavy atom. The number of nitrogens with zero attached hydrogens (tertiary/aromatic N) is 1. The monoisotopic (exact) mass is 280 g/mol. The second kappa shape index (κ2) is 6.93. The van der Waals surface area contributed by atoms with Gasteiger partial charge in [0.05, 0.1) is 6.42 Å². The molecule has 0 spiro atoms. The lowest BCUT2D eigenvalue weighted by atomic mass is 9.85. The Labute approximate surface area is 114 Å². The van der Waals surface area contributed by atoms with Crippen molar-refractivity contribution in [3.8, 4) is 0 Å². The topological polar surface area (TPSA) is 15.3 Å². The van der Waals surface area contributed by atoms with Gasteiger partial charge in [-0.2, -0.15) is 13.2 Å². The van der Waals surface area contributed by atoms with Crippen molar-refractivity contribution in [2.24, 2.45) is 5.41 Å². The number of hydrogen-bond donors (Lipinski definition) is 1. The van der Waals surface area contributed by atoms with Crippen LogP contribution in [0, 0.1) is 5.41 Å². The maximum atomic E-state index is 12.2. The highest BCUT2D eigenvalue weighted by molar-refractivity contribution is 4.89. The smallest absolute Gasteiger partial charge is 0.314 e. The number of halogens is 3. The minimum Gasteiger partial charge on any atom is -0.314 e. The van der Waals surface area contributed by atoms with Crippen molar-refractivity contribution in [3.63, 3.8) is 0 Å². The molecule has 114 valence electrons. The molecule has 0 heterocycles. The molecular formula is C14H27F3N2. The molecule has 0 aromatic rings. The van der Waals surface area contributed by atoms with Crippen LogP contribution < -0.4 is 5.32 Å². The molecule has 5 heteroatoms. The summed E-state index contributed by atoms with van der Waals surface area (Å²) in [5.41, 5.74) is 0.171. The van der Waals surface area contributed by atoms with Gasteiger partial charge in [-0.25, -0.2) is 0 Å². The molecule has 0 aromatic carbocycles. The van der Waals surface area contributed by atoms with Crippen molar-refractivity contribution in [1.29, 1.82) is 0 Å². The first-order chi connectivity index (χ1) is 8.72. The summed E-state index contributed by atoms with van der Waals surface area (Å²) in [6.45, 7) is 6.00. The number of rotatable bonds is 7. The van der Waals surface area contributed by atoms with E-state index >= 15 is 0 Å². The van der Waals surface area contributed by atoms with E-state index in [9.17, 15) is 13.2 Å². The molecule has 19 heavy (non-hydrogen) atoms. The van der Waals surface area contributed by atoms with Crippen molar-refractivity contribution in [3.05, 3.63) is 0 Å². The predicted molar refractivity (Wildman–Crippen MR) is 72.2 cm³/mol. The Morgan fingerprint density at radius 2 is 1.79 bits per heavy atom. The highest BCUT2D eigenvalue weighted by atomic mass is 19.4. The van der Waals surface area contributed by atoms with Gasteiger partial charge in [-0.05, 0) is 25.3 Å². The van der Waals surface area contributed by atoms with Crippen LogP contribution in [0.15, 0.2) is 0 Å². The highest BCUT2D eigenvalue weighted by Gasteiger charge is 2.35. The van der Waals surface area contributed by atoms with Gasteiger partial charge >= 0.3 is 6.18 Å². The van der Waals surface area contributed by atoms with E-state index < -0.39 is 12.6 Å². The quantitative estimate of drug-likeness (QED) is 0.768. The molecule has 0 amide bonds. The fourth-order valence-corrected chi connectivity index (χ4v) is 2.91. The van der Waals surface area contributed by atoms with E-state index in [0.29, 0.717) is 6.04 Å². The number of alkyl halides is 3. The lowest BCUT2D eigenvalue weighted by Gasteiger charge is -2.34. The summed E-state index contributed by atoms with van der Waals surface area (Å²) in [4.78, 5) is 1.85. The van der Waals surface area contributed by atoms with Gasteiger partial charge in [0.2, 0.25) is 0 Å². The Bertz CT molecular complexity index is 258. The van der Waals surface area contributed by atoms with E-state index in [1.807, 2.05) is 4.90 Å². The van der Waals surface area contributed by atoms with Crippen molar-refractivity contribution < 1.29 is 13.2 Å². The normalized spacial score (nSPS) is 19.6. The molecule has 0 aliphatic heterocycles. The third-order valence-corrected chi connectivity index (χ3v) is 3.93. The summed E-state index contributed by atoms with van der Waals surface area (Å²) in [6, 6.07) is 0.429. The molecule has 0 atom stereocenters. The van der Waals surface area contributed by atoms with E-state index in [2.05, 4.69) is 19.2 Å². The van der Waals surface area contributed by atoms with E-state index in [1.54, 1.807) is 7.05 Å². The predicted octanol–water partition coefficient (Wildman–Crippen LogP) is 3.43. The molecule has 2 nitrogen and oxygen atoms in total. The highest BCUT2D eigenvalue weighted by Crippen LogP contribution is 2.38. The fraction of sp³-hybridized carbons (Fsp3) is 1.00. The molecule has 1 N–H and O–H groups in total. The van der Waals surface area contributed by atoms with Gasteiger partial charge in [0.15, 0.2) is 0 Å². The first-order valence-corrected chi connectivity index (χ1v) is 7.21. The van der Waals surface area contributed by atoms with Crippen molar-refractivity contribution >= 4 is 0 Å². The lowest BCUT2D eigenvalue weighted by molar-refractivity contribution is -0.138. The second-order valence-corrected chi connectivity index (χ2v) is 6.35. The molecule has 0 bridgehead atoms. The van der Waals surface area contributed by atoms with Gasteiger partial charge < -0.3 is 10.2 Å². The first kappa shape index (κ1) is 16.8. The Morgan fingerprint density at radius 3 is 2.26 bits per heavy atom. The average Bonchev–Trinajstić information content (AvgIpc) is 2.72. The largest absolute Gasteiger partial charge is 0.390 e. The molecule has 1 fully saturated rings. The minimum atomic E-state index is -4.05. The Hall–Kier alpha value is -0.290.